The van der Waals surface area contributed by atoms with Crippen molar-refractivity contribution in [1.82, 2.24) is 9.80 Å². The van der Waals surface area contributed by atoms with Gasteiger partial charge in [0.15, 0.2) is 0 Å². The number of piperidine rings is 1. The monoisotopic (exact) mass is 322 g/mol. The lowest BCUT2D eigenvalue weighted by molar-refractivity contribution is -0.134. The SMILES string of the molecule is CCN(Cc1cccc(F)c1)C(=O)CN1CC[C@H](CO)C[C@@H]1C. The molecule has 1 aromatic carbocycles. The summed E-state index contributed by atoms with van der Waals surface area (Å²) in [6.45, 7) is 6.56. The summed E-state index contributed by atoms with van der Waals surface area (Å²) < 4.78 is 13.3. The molecule has 0 bridgehead atoms. The minimum atomic E-state index is -0.272. The fraction of sp³-hybridized carbons (Fsp3) is 0.611. The third kappa shape index (κ3) is 5.01. The van der Waals surface area contributed by atoms with Crippen molar-refractivity contribution in [2.45, 2.75) is 39.3 Å². The third-order valence-corrected chi connectivity index (χ3v) is 4.72. The molecule has 1 N–H and O–H groups in total. The molecule has 1 aromatic rings. The Kier molecular flexibility index (Phi) is 6.54. The molecule has 128 valence electrons. The van der Waals surface area contributed by atoms with E-state index in [1.54, 1.807) is 11.0 Å². The van der Waals surface area contributed by atoms with E-state index in [4.69, 9.17) is 0 Å². The zero-order valence-corrected chi connectivity index (χ0v) is 14.0. The maximum Gasteiger partial charge on any atom is 0.237 e. The molecule has 0 spiro atoms. The standard InChI is InChI=1S/C18H27FN2O2/c1-3-20(11-15-5-4-6-17(19)10-15)18(23)12-21-8-7-16(13-22)9-14(21)2/h4-6,10,14,16,22H,3,7-9,11-13H2,1-2H3/t14-,16-/m0/s1. The van der Waals surface area contributed by atoms with Crippen molar-refractivity contribution in [3.63, 3.8) is 0 Å². The highest BCUT2D eigenvalue weighted by molar-refractivity contribution is 5.78. The summed E-state index contributed by atoms with van der Waals surface area (Å²) in [6, 6.07) is 6.71. The maximum absolute atomic E-state index is 13.3. The lowest BCUT2D eigenvalue weighted by atomic mass is 9.92. The maximum atomic E-state index is 13.3. The van der Waals surface area contributed by atoms with E-state index in [-0.39, 0.29) is 18.3 Å². The highest BCUT2D eigenvalue weighted by atomic mass is 19.1. The number of aliphatic hydroxyl groups is 1. The van der Waals surface area contributed by atoms with Gasteiger partial charge in [0.25, 0.3) is 0 Å². The molecule has 2 atom stereocenters. The molecule has 0 radical (unpaired) electrons. The van der Waals surface area contributed by atoms with Gasteiger partial charge < -0.3 is 10.0 Å². The Balaban J connectivity index is 1.92. The third-order valence-electron chi connectivity index (χ3n) is 4.72. The second-order valence-corrected chi connectivity index (χ2v) is 6.43. The van der Waals surface area contributed by atoms with Gasteiger partial charge in [0, 0.05) is 25.7 Å². The zero-order valence-electron chi connectivity index (χ0n) is 14.0. The number of amides is 1. The van der Waals surface area contributed by atoms with E-state index in [2.05, 4.69) is 11.8 Å². The van der Waals surface area contributed by atoms with Crippen molar-refractivity contribution in [1.29, 1.82) is 0 Å². The van der Waals surface area contributed by atoms with Crippen molar-refractivity contribution in [3.05, 3.63) is 35.6 Å². The van der Waals surface area contributed by atoms with Crippen LogP contribution in [0.3, 0.4) is 0 Å². The van der Waals surface area contributed by atoms with E-state index in [1.807, 2.05) is 13.0 Å². The van der Waals surface area contributed by atoms with Gasteiger partial charge in [0.05, 0.1) is 6.54 Å². The first kappa shape index (κ1) is 17.9. The molecular weight excluding hydrogens is 295 g/mol. The number of carbonyl (C=O) groups excluding carboxylic acids is 1. The Hall–Kier alpha value is -1.46. The number of likely N-dealkylation sites (N-methyl/N-ethyl adjacent to an activating group) is 1. The van der Waals surface area contributed by atoms with Crippen molar-refractivity contribution in [3.8, 4) is 0 Å². The van der Waals surface area contributed by atoms with Crippen LogP contribution in [0.1, 0.15) is 32.3 Å². The number of rotatable bonds is 6. The molecule has 1 aliphatic heterocycles. The van der Waals surface area contributed by atoms with Gasteiger partial charge in [-0.25, -0.2) is 4.39 Å². The van der Waals surface area contributed by atoms with Crippen LogP contribution in [0.25, 0.3) is 0 Å². The van der Waals surface area contributed by atoms with E-state index in [0.29, 0.717) is 31.6 Å². The number of halogens is 1. The van der Waals surface area contributed by atoms with Crippen molar-refractivity contribution in [2.24, 2.45) is 5.92 Å². The molecule has 4 nitrogen and oxygen atoms in total. The second kappa shape index (κ2) is 8.41. The fourth-order valence-corrected chi connectivity index (χ4v) is 3.22. The molecule has 1 fully saturated rings. The lowest BCUT2D eigenvalue weighted by Gasteiger charge is -2.37. The summed E-state index contributed by atoms with van der Waals surface area (Å²) in [7, 11) is 0. The van der Waals surface area contributed by atoms with Gasteiger partial charge in [-0.05, 0) is 56.8 Å². The summed E-state index contributed by atoms with van der Waals surface area (Å²) in [5.74, 6) is 0.155. The fourth-order valence-electron chi connectivity index (χ4n) is 3.22. The van der Waals surface area contributed by atoms with Crippen LogP contribution in [-0.2, 0) is 11.3 Å². The highest BCUT2D eigenvalue weighted by Crippen LogP contribution is 2.22. The number of carbonyl (C=O) groups is 1. The highest BCUT2D eigenvalue weighted by Gasteiger charge is 2.27. The first-order chi connectivity index (χ1) is 11.0. The molecule has 1 amide bonds. The van der Waals surface area contributed by atoms with Crippen molar-refractivity contribution < 1.29 is 14.3 Å². The summed E-state index contributed by atoms with van der Waals surface area (Å²) in [4.78, 5) is 16.5. The molecule has 0 aromatic heterocycles. The first-order valence-electron chi connectivity index (χ1n) is 8.40. The molecule has 1 aliphatic rings. The number of benzene rings is 1. The van der Waals surface area contributed by atoms with E-state index >= 15 is 0 Å². The Morgan fingerprint density at radius 2 is 2.26 bits per heavy atom. The van der Waals surface area contributed by atoms with Crippen LogP contribution in [0, 0.1) is 11.7 Å². The molecule has 1 saturated heterocycles. The molecule has 0 saturated carbocycles. The van der Waals surface area contributed by atoms with Gasteiger partial charge in [-0.1, -0.05) is 12.1 Å². The predicted octanol–water partition coefficient (Wildman–Crippen LogP) is 2.27. The molecule has 23 heavy (non-hydrogen) atoms. The number of hydrogen-bond donors (Lipinski definition) is 1. The molecule has 0 aliphatic carbocycles. The summed E-state index contributed by atoms with van der Waals surface area (Å²) in [5, 5.41) is 9.27. The minimum absolute atomic E-state index is 0.0751. The Morgan fingerprint density at radius 1 is 1.48 bits per heavy atom. The summed E-state index contributed by atoms with van der Waals surface area (Å²) in [5.41, 5.74) is 0.812. The van der Waals surface area contributed by atoms with Gasteiger partial charge in [-0.15, -0.1) is 0 Å². The van der Waals surface area contributed by atoms with Gasteiger partial charge in [-0.3, -0.25) is 9.69 Å². The van der Waals surface area contributed by atoms with Gasteiger partial charge in [0.2, 0.25) is 5.91 Å². The Bertz CT molecular complexity index is 523. The molecule has 0 unspecified atom stereocenters. The van der Waals surface area contributed by atoms with Crippen LogP contribution < -0.4 is 0 Å². The van der Waals surface area contributed by atoms with Crippen molar-refractivity contribution >= 4 is 5.91 Å². The Labute approximate surface area is 137 Å². The van der Waals surface area contributed by atoms with Crippen LogP contribution in [0.5, 0.6) is 0 Å². The van der Waals surface area contributed by atoms with Gasteiger partial charge in [-0.2, -0.15) is 0 Å². The van der Waals surface area contributed by atoms with E-state index in [1.165, 1.54) is 12.1 Å². The largest absolute Gasteiger partial charge is 0.396 e. The molecular formula is C18H27FN2O2. The van der Waals surface area contributed by atoms with Crippen molar-refractivity contribution in [2.75, 3.05) is 26.2 Å². The van der Waals surface area contributed by atoms with E-state index < -0.39 is 0 Å². The first-order valence-corrected chi connectivity index (χ1v) is 8.40. The smallest absolute Gasteiger partial charge is 0.237 e. The predicted molar refractivity (Wildman–Crippen MR) is 88.3 cm³/mol. The molecule has 2 rings (SSSR count). The number of aliphatic hydroxyl groups excluding tert-OH is 1. The average molecular weight is 322 g/mol. The van der Waals surface area contributed by atoms with Gasteiger partial charge in [0.1, 0.15) is 5.82 Å². The normalized spacial score (nSPS) is 22.1. The lowest BCUT2D eigenvalue weighted by Crippen LogP contribution is -2.47. The second-order valence-electron chi connectivity index (χ2n) is 6.43. The summed E-state index contributed by atoms with van der Waals surface area (Å²) in [6.07, 6.45) is 1.87. The van der Waals surface area contributed by atoms with Gasteiger partial charge >= 0.3 is 0 Å². The Morgan fingerprint density at radius 3 is 2.87 bits per heavy atom. The van der Waals surface area contributed by atoms with Crippen LogP contribution in [0.4, 0.5) is 4.39 Å². The molecule has 5 heteroatoms. The van der Waals surface area contributed by atoms with Crippen LogP contribution >= 0.6 is 0 Å². The van der Waals surface area contributed by atoms with Crippen LogP contribution in [0.2, 0.25) is 0 Å². The number of likely N-dealkylation sites (tertiary alicyclic amines) is 1. The molecule has 1 heterocycles. The minimum Gasteiger partial charge on any atom is -0.396 e. The number of hydrogen-bond acceptors (Lipinski definition) is 3. The van der Waals surface area contributed by atoms with Crippen LogP contribution in [0.15, 0.2) is 24.3 Å². The van der Waals surface area contributed by atoms with Crippen LogP contribution in [-0.4, -0.2) is 53.1 Å². The van der Waals surface area contributed by atoms with E-state index in [9.17, 15) is 14.3 Å². The number of nitrogens with zero attached hydrogens (tertiary/aromatic N) is 2. The quantitative estimate of drug-likeness (QED) is 0.874. The summed E-state index contributed by atoms with van der Waals surface area (Å²) >= 11 is 0. The van der Waals surface area contributed by atoms with E-state index in [0.717, 1.165) is 24.9 Å². The zero-order chi connectivity index (χ0) is 16.8. The average Bonchev–Trinajstić information content (AvgIpc) is 2.54. The topological polar surface area (TPSA) is 43.8 Å².